The van der Waals surface area contributed by atoms with Crippen LogP contribution in [0.2, 0.25) is 10.0 Å². The first-order valence-corrected chi connectivity index (χ1v) is 5.88. The van der Waals surface area contributed by atoms with Crippen LogP contribution < -0.4 is 11.1 Å². The number of hydrogen-bond acceptors (Lipinski definition) is 3. The first kappa shape index (κ1) is 12.9. The first-order chi connectivity index (χ1) is 8.49. The molecule has 2 aromatic rings. The Hall–Kier alpha value is -1.52. The fourth-order valence-corrected chi connectivity index (χ4v) is 1.88. The maximum absolute atomic E-state index is 13.7. The fourth-order valence-electron chi connectivity index (χ4n) is 1.48. The van der Waals surface area contributed by atoms with Crippen LogP contribution >= 0.6 is 23.2 Å². The minimum absolute atomic E-state index is 0.137. The minimum atomic E-state index is -0.388. The Morgan fingerprint density at radius 2 is 2.00 bits per heavy atom. The highest BCUT2D eigenvalue weighted by Crippen LogP contribution is 2.31. The molecular formula is C12H10Cl2FN3. The van der Waals surface area contributed by atoms with E-state index >= 15 is 0 Å². The standard InChI is InChI=1S/C12H10Cl2FN3/c1-6-3-2-4-9(15)10(6)17-12-8(14)5-7(13)11(16)18-12/h2-5H,1H3,(H3,16,17,18). The number of halogens is 3. The number of aromatic nitrogens is 1. The van der Waals surface area contributed by atoms with Gasteiger partial charge in [0, 0.05) is 0 Å². The average molecular weight is 286 g/mol. The molecule has 3 N–H and O–H groups in total. The Morgan fingerprint density at radius 1 is 1.28 bits per heavy atom. The maximum Gasteiger partial charge on any atom is 0.151 e. The predicted molar refractivity (Wildman–Crippen MR) is 73.1 cm³/mol. The fraction of sp³-hybridized carbons (Fsp3) is 0.0833. The number of nitrogens with two attached hydrogens (primary N) is 1. The lowest BCUT2D eigenvalue weighted by molar-refractivity contribution is 0.631. The molecule has 0 saturated carbocycles. The van der Waals surface area contributed by atoms with Gasteiger partial charge < -0.3 is 11.1 Å². The highest BCUT2D eigenvalue weighted by molar-refractivity contribution is 6.37. The SMILES string of the molecule is Cc1cccc(F)c1Nc1nc(N)c(Cl)cc1Cl. The van der Waals surface area contributed by atoms with Crippen LogP contribution in [0.4, 0.5) is 21.7 Å². The highest BCUT2D eigenvalue weighted by atomic mass is 35.5. The van der Waals surface area contributed by atoms with Crippen molar-refractivity contribution in [3.8, 4) is 0 Å². The molecule has 0 unspecified atom stereocenters. The lowest BCUT2D eigenvalue weighted by atomic mass is 10.2. The Labute approximate surface area is 114 Å². The van der Waals surface area contributed by atoms with Crippen LogP contribution in [-0.4, -0.2) is 4.98 Å². The molecule has 0 saturated heterocycles. The van der Waals surface area contributed by atoms with Crippen molar-refractivity contribution >= 4 is 40.5 Å². The summed E-state index contributed by atoms with van der Waals surface area (Å²) in [5, 5.41) is 3.35. The van der Waals surface area contributed by atoms with Gasteiger partial charge in [0.1, 0.15) is 11.6 Å². The largest absolute Gasteiger partial charge is 0.382 e. The molecule has 18 heavy (non-hydrogen) atoms. The third-order valence-corrected chi connectivity index (χ3v) is 3.01. The Balaban J connectivity index is 2.43. The van der Waals surface area contributed by atoms with Gasteiger partial charge in [-0.15, -0.1) is 0 Å². The van der Waals surface area contributed by atoms with Crippen LogP contribution in [0.1, 0.15) is 5.56 Å². The molecule has 0 bridgehead atoms. The van der Waals surface area contributed by atoms with Crippen LogP contribution in [0.5, 0.6) is 0 Å². The van der Waals surface area contributed by atoms with Gasteiger partial charge in [0.25, 0.3) is 0 Å². The van der Waals surface area contributed by atoms with E-state index in [1.807, 2.05) is 0 Å². The number of nitrogens with zero attached hydrogens (tertiary/aromatic N) is 1. The smallest absolute Gasteiger partial charge is 0.151 e. The third kappa shape index (κ3) is 2.49. The number of para-hydroxylation sites is 1. The summed E-state index contributed by atoms with van der Waals surface area (Å²) in [7, 11) is 0. The summed E-state index contributed by atoms with van der Waals surface area (Å²) in [5.74, 6) is 0.0192. The van der Waals surface area contributed by atoms with Gasteiger partial charge >= 0.3 is 0 Å². The lowest BCUT2D eigenvalue weighted by Gasteiger charge is -2.12. The van der Waals surface area contributed by atoms with Gasteiger partial charge in [0.2, 0.25) is 0 Å². The van der Waals surface area contributed by atoms with Crippen LogP contribution in [0, 0.1) is 12.7 Å². The summed E-state index contributed by atoms with van der Waals surface area (Å²) >= 11 is 11.7. The van der Waals surface area contributed by atoms with E-state index < -0.39 is 0 Å². The van der Waals surface area contributed by atoms with Gasteiger partial charge in [0.15, 0.2) is 5.82 Å². The van der Waals surface area contributed by atoms with Gasteiger partial charge in [-0.2, -0.15) is 0 Å². The van der Waals surface area contributed by atoms with Gasteiger partial charge in [0.05, 0.1) is 15.7 Å². The number of anilines is 3. The number of rotatable bonds is 2. The second-order valence-electron chi connectivity index (χ2n) is 3.74. The van der Waals surface area contributed by atoms with E-state index in [9.17, 15) is 4.39 Å². The number of benzene rings is 1. The molecule has 0 aliphatic heterocycles. The molecule has 0 spiro atoms. The van der Waals surface area contributed by atoms with Gasteiger partial charge in [-0.3, -0.25) is 0 Å². The van der Waals surface area contributed by atoms with E-state index in [4.69, 9.17) is 28.9 Å². The molecule has 0 amide bonds. The summed E-state index contributed by atoms with van der Waals surface area (Å²) in [6, 6.07) is 6.21. The van der Waals surface area contributed by atoms with E-state index in [2.05, 4.69) is 10.3 Å². The maximum atomic E-state index is 13.7. The van der Waals surface area contributed by atoms with Crippen LogP contribution in [0.15, 0.2) is 24.3 Å². The molecule has 3 nitrogen and oxygen atoms in total. The number of pyridine rings is 1. The summed E-state index contributed by atoms with van der Waals surface area (Å²) < 4.78 is 13.7. The highest BCUT2D eigenvalue weighted by Gasteiger charge is 2.11. The van der Waals surface area contributed by atoms with Crippen LogP contribution in [0.25, 0.3) is 0 Å². The van der Waals surface area contributed by atoms with E-state index in [-0.39, 0.29) is 27.5 Å². The molecule has 0 radical (unpaired) electrons. The number of hydrogen-bond donors (Lipinski definition) is 2. The number of nitrogens with one attached hydrogen (secondary N) is 1. The van der Waals surface area contributed by atoms with Crippen molar-refractivity contribution in [2.75, 3.05) is 11.1 Å². The van der Waals surface area contributed by atoms with E-state index in [1.54, 1.807) is 19.1 Å². The van der Waals surface area contributed by atoms with E-state index in [0.717, 1.165) is 5.56 Å². The topological polar surface area (TPSA) is 50.9 Å². The second-order valence-corrected chi connectivity index (χ2v) is 4.56. The molecule has 94 valence electrons. The van der Waals surface area contributed by atoms with Gasteiger partial charge in [-0.1, -0.05) is 35.3 Å². The van der Waals surface area contributed by atoms with Crippen molar-refractivity contribution in [3.63, 3.8) is 0 Å². The lowest BCUT2D eigenvalue weighted by Crippen LogP contribution is -2.02. The van der Waals surface area contributed by atoms with E-state index in [0.29, 0.717) is 5.69 Å². The average Bonchev–Trinajstić information content (AvgIpc) is 2.30. The quantitative estimate of drug-likeness (QED) is 0.871. The third-order valence-electron chi connectivity index (χ3n) is 2.42. The molecule has 0 atom stereocenters. The molecule has 1 aromatic heterocycles. The number of nitrogen functional groups attached to an aromatic ring is 1. The first-order valence-electron chi connectivity index (χ1n) is 5.12. The Kier molecular flexibility index (Phi) is 3.59. The predicted octanol–water partition coefficient (Wildman–Crippen LogP) is 4.16. The monoisotopic (exact) mass is 285 g/mol. The molecule has 0 aliphatic rings. The van der Waals surface area contributed by atoms with Crippen molar-refractivity contribution < 1.29 is 4.39 Å². The molecule has 2 rings (SSSR count). The second kappa shape index (κ2) is 5.00. The molecule has 1 heterocycles. The number of aryl methyl sites for hydroxylation is 1. The van der Waals surface area contributed by atoms with Crippen molar-refractivity contribution in [1.29, 1.82) is 0 Å². The van der Waals surface area contributed by atoms with Gasteiger partial charge in [-0.25, -0.2) is 9.37 Å². The van der Waals surface area contributed by atoms with Gasteiger partial charge in [-0.05, 0) is 24.6 Å². The summed E-state index contributed by atoms with van der Waals surface area (Å²) in [6.07, 6.45) is 0. The van der Waals surface area contributed by atoms with E-state index in [1.165, 1.54) is 12.1 Å². The van der Waals surface area contributed by atoms with Crippen LogP contribution in [-0.2, 0) is 0 Å². The summed E-state index contributed by atoms with van der Waals surface area (Å²) in [5.41, 5.74) is 6.63. The Morgan fingerprint density at radius 3 is 2.67 bits per heavy atom. The normalized spacial score (nSPS) is 10.4. The zero-order valence-electron chi connectivity index (χ0n) is 9.47. The Bertz CT molecular complexity index is 582. The van der Waals surface area contributed by atoms with Crippen molar-refractivity contribution in [3.05, 3.63) is 45.7 Å². The summed E-state index contributed by atoms with van der Waals surface area (Å²) in [6.45, 7) is 1.78. The molecular weight excluding hydrogens is 276 g/mol. The van der Waals surface area contributed by atoms with Crippen molar-refractivity contribution in [1.82, 2.24) is 4.98 Å². The molecule has 1 aromatic carbocycles. The molecule has 0 aliphatic carbocycles. The van der Waals surface area contributed by atoms with Crippen molar-refractivity contribution in [2.24, 2.45) is 0 Å². The minimum Gasteiger partial charge on any atom is -0.382 e. The summed E-state index contributed by atoms with van der Waals surface area (Å²) in [4.78, 5) is 3.99. The molecule has 6 heteroatoms. The zero-order chi connectivity index (χ0) is 13.3. The van der Waals surface area contributed by atoms with Crippen LogP contribution in [0.3, 0.4) is 0 Å². The molecule has 0 fully saturated rings. The van der Waals surface area contributed by atoms with Crippen molar-refractivity contribution in [2.45, 2.75) is 6.92 Å². The zero-order valence-corrected chi connectivity index (χ0v) is 11.0.